The predicted octanol–water partition coefficient (Wildman–Crippen LogP) is 3.54. The molecule has 1 saturated carbocycles. The van der Waals surface area contributed by atoms with Gasteiger partial charge in [0.25, 0.3) is 0 Å². The van der Waals surface area contributed by atoms with Gasteiger partial charge in [-0.25, -0.2) is 14.4 Å². The molecule has 16 heteroatoms. The fourth-order valence-corrected chi connectivity index (χ4v) is 12.3. The third kappa shape index (κ3) is 8.39. The molecule has 6 heterocycles. The summed E-state index contributed by atoms with van der Waals surface area (Å²) in [6.07, 6.45) is 3.80. The molecule has 0 amide bonds. The van der Waals surface area contributed by atoms with Gasteiger partial charge in [0.15, 0.2) is 0 Å². The number of aliphatic carboxylic acids is 1. The highest BCUT2D eigenvalue weighted by Crippen LogP contribution is 2.63. The van der Waals surface area contributed by atoms with E-state index < -0.39 is 83.5 Å². The summed E-state index contributed by atoms with van der Waals surface area (Å²) in [5, 5.41) is 19.9. The highest BCUT2D eigenvalue weighted by molar-refractivity contribution is 5.96. The number of carboxylic acids is 1. The smallest absolute Gasteiger partial charge is 0.333 e. The highest BCUT2D eigenvalue weighted by Gasteiger charge is 2.72. The van der Waals surface area contributed by atoms with E-state index in [0.717, 1.165) is 6.08 Å². The number of likely N-dealkylation sites (N-methyl/N-ethyl adjacent to an activating group) is 3. The van der Waals surface area contributed by atoms with Gasteiger partial charge in [0, 0.05) is 92.3 Å². The van der Waals surface area contributed by atoms with Crippen LogP contribution in [0.25, 0.3) is 0 Å². The largest absolute Gasteiger partial charge is 0.478 e. The second-order valence-electron chi connectivity index (χ2n) is 19.7. The van der Waals surface area contributed by atoms with Crippen molar-refractivity contribution in [3.8, 4) is 0 Å². The Bertz CT molecular complexity index is 2080. The lowest BCUT2D eigenvalue weighted by Crippen LogP contribution is -2.65. The van der Waals surface area contributed by atoms with Gasteiger partial charge in [0.05, 0.1) is 35.4 Å². The van der Waals surface area contributed by atoms with E-state index >= 15 is 4.79 Å². The molecule has 0 spiro atoms. The summed E-state index contributed by atoms with van der Waals surface area (Å²) in [5.74, 6) is -7.37. The molecule has 6 aliphatic heterocycles. The molecule has 0 aromatic heterocycles. The van der Waals surface area contributed by atoms with E-state index in [0.29, 0.717) is 68.9 Å². The summed E-state index contributed by atoms with van der Waals surface area (Å²) >= 11 is 0. The van der Waals surface area contributed by atoms with Crippen molar-refractivity contribution in [3.63, 3.8) is 0 Å². The SMILES string of the molecule is C/C=C(/C)C(=O)O[C@@H]1C[C@@H]2C[C@H](OC(=O)C3C(c4ccccc4)C(C(=O)O[C@@H]4C[C@@H]5C[C@@H](OC(=O)/C=C(\C)C(=O)O)C[C@H]4N5C)C3(C)C(=O)O[C@@H]3C[C@@H]4C[C@@H](O)C[C@H]3N4C)C[C@H]1N2C. The van der Waals surface area contributed by atoms with Crippen LogP contribution >= 0.6 is 0 Å². The molecule has 2 N–H and O–H groups in total. The van der Waals surface area contributed by atoms with Crippen LogP contribution < -0.4 is 0 Å². The number of benzene rings is 1. The Hall–Kier alpha value is -4.64. The van der Waals surface area contributed by atoms with Gasteiger partial charge < -0.3 is 33.9 Å². The molecule has 0 radical (unpaired) electrons. The average Bonchev–Trinajstić information content (AvgIpc) is 3.58. The number of hydrogen-bond acceptors (Lipinski definition) is 15. The van der Waals surface area contributed by atoms with E-state index in [4.69, 9.17) is 23.7 Å². The maximum Gasteiger partial charge on any atom is 0.333 e. The number of hydrogen-bond donors (Lipinski definition) is 2. The second kappa shape index (κ2) is 18.0. The van der Waals surface area contributed by atoms with E-state index in [1.54, 1.807) is 26.8 Å². The van der Waals surface area contributed by atoms with Gasteiger partial charge in [-0.05, 0) is 67.2 Å². The Morgan fingerprint density at radius 3 is 1.70 bits per heavy atom. The number of carbonyl (C=O) groups is 6. The summed E-state index contributed by atoms with van der Waals surface area (Å²) in [7, 11) is 5.87. The molecule has 4 unspecified atom stereocenters. The molecule has 8 rings (SSSR count). The molecular formula is C48H63N3O13. The lowest BCUT2D eigenvalue weighted by molar-refractivity contribution is -0.210. The summed E-state index contributed by atoms with van der Waals surface area (Å²) in [6, 6.07) is 8.34. The summed E-state index contributed by atoms with van der Waals surface area (Å²) in [5.41, 5.74) is -0.663. The van der Waals surface area contributed by atoms with Crippen LogP contribution in [0.15, 0.2) is 53.6 Å². The maximum atomic E-state index is 15.0. The summed E-state index contributed by atoms with van der Waals surface area (Å²) in [4.78, 5) is 88.1. The second-order valence-corrected chi connectivity index (χ2v) is 19.7. The fourth-order valence-electron chi connectivity index (χ4n) is 12.3. The molecule has 16 nitrogen and oxygen atoms in total. The van der Waals surface area contributed by atoms with Crippen LogP contribution in [0.4, 0.5) is 0 Å². The third-order valence-corrected chi connectivity index (χ3v) is 16.2. The summed E-state index contributed by atoms with van der Waals surface area (Å²) in [6.45, 7) is 6.43. The molecule has 6 saturated heterocycles. The first kappa shape index (κ1) is 45.9. The van der Waals surface area contributed by atoms with Gasteiger partial charge in [0.1, 0.15) is 30.5 Å². The van der Waals surface area contributed by atoms with Crippen molar-refractivity contribution in [3.05, 3.63) is 59.2 Å². The molecule has 1 aromatic rings. The predicted molar refractivity (Wildman–Crippen MR) is 228 cm³/mol. The van der Waals surface area contributed by atoms with Gasteiger partial charge in [-0.15, -0.1) is 0 Å². The van der Waals surface area contributed by atoms with Crippen LogP contribution in [0, 0.1) is 17.3 Å². The van der Waals surface area contributed by atoms with Crippen LogP contribution in [0.2, 0.25) is 0 Å². The monoisotopic (exact) mass is 889 g/mol. The number of carbonyl (C=O) groups excluding carboxylic acids is 5. The first-order valence-electron chi connectivity index (χ1n) is 22.9. The maximum absolute atomic E-state index is 15.0. The van der Waals surface area contributed by atoms with Crippen LogP contribution in [0.5, 0.6) is 0 Å². The van der Waals surface area contributed by atoms with Crippen molar-refractivity contribution < 1.29 is 62.7 Å². The van der Waals surface area contributed by atoms with Gasteiger partial charge in [-0.2, -0.15) is 0 Å². The van der Waals surface area contributed by atoms with E-state index in [1.807, 2.05) is 51.5 Å². The fraction of sp³-hybridized carbons (Fsp3) is 0.667. The lowest BCUT2D eigenvalue weighted by Gasteiger charge is -2.55. The van der Waals surface area contributed by atoms with E-state index in [-0.39, 0.29) is 53.9 Å². The Morgan fingerprint density at radius 1 is 0.641 bits per heavy atom. The van der Waals surface area contributed by atoms with Crippen molar-refractivity contribution in [2.24, 2.45) is 17.3 Å². The molecule has 1 aromatic carbocycles. The molecule has 1 aliphatic carbocycles. The Kier molecular flexibility index (Phi) is 12.9. The number of aliphatic hydroxyl groups excluding tert-OH is 1. The molecule has 348 valence electrons. The van der Waals surface area contributed by atoms with Crippen molar-refractivity contribution in [2.75, 3.05) is 21.1 Å². The Balaban J connectivity index is 1.06. The molecule has 64 heavy (non-hydrogen) atoms. The summed E-state index contributed by atoms with van der Waals surface area (Å²) < 4.78 is 30.9. The number of carboxylic acid groups (broad SMARTS) is 1. The number of allylic oxidation sites excluding steroid dienone is 1. The minimum Gasteiger partial charge on any atom is -0.478 e. The normalized spacial score (nSPS) is 39.7. The number of nitrogens with zero attached hydrogens (tertiary/aromatic N) is 3. The number of rotatable bonds is 12. The van der Waals surface area contributed by atoms with Gasteiger partial charge >= 0.3 is 35.8 Å². The van der Waals surface area contributed by atoms with Gasteiger partial charge in [0.2, 0.25) is 0 Å². The number of piperidine rings is 3. The first-order chi connectivity index (χ1) is 30.4. The first-order valence-corrected chi connectivity index (χ1v) is 22.9. The van der Waals surface area contributed by atoms with Crippen molar-refractivity contribution in [2.45, 2.75) is 164 Å². The number of aliphatic hydroxyl groups is 1. The van der Waals surface area contributed by atoms with E-state index in [9.17, 15) is 34.2 Å². The zero-order chi connectivity index (χ0) is 45.9. The standard InChI is InChI=1S/C48H63N3O13/c1-8-24(2)44(56)62-36-19-29-17-32(23-35(36)51(29)7)61-45(57)41-40(26-12-10-9-11-13-26)42(48(41,4)47(59)64-38-18-27-15-30(52)21-33(38)49(27)5)46(58)63-37-20-28-16-31(22-34(37)50(28)6)60-39(53)14-25(3)43(54)55/h8-14,27-38,40-42,52H,15-23H2,1-7H3,(H,54,55)/b24-8-,25-14+/t27-,28-,29-,30+,31+,32-,33+,34+,35+,36+,37+,38+,40?,41?,42?,48?/m0/s1. The molecule has 7 fully saturated rings. The number of ether oxygens (including phenoxy) is 5. The van der Waals surface area contributed by atoms with Crippen LogP contribution in [-0.4, -0.2) is 155 Å². The number of esters is 5. The quantitative estimate of drug-likeness (QED) is 0.175. The molecule has 7 aliphatic rings. The topological polar surface area (TPSA) is 199 Å². The average molecular weight is 890 g/mol. The third-order valence-electron chi connectivity index (χ3n) is 16.2. The molecular weight excluding hydrogens is 827 g/mol. The van der Waals surface area contributed by atoms with Crippen molar-refractivity contribution in [1.82, 2.24) is 14.7 Å². The molecule has 6 bridgehead atoms. The van der Waals surface area contributed by atoms with Crippen LogP contribution in [0.3, 0.4) is 0 Å². The number of fused-ring (bicyclic) bond motifs is 6. The Morgan fingerprint density at radius 2 is 1.14 bits per heavy atom. The minimum atomic E-state index is -1.71. The van der Waals surface area contributed by atoms with E-state index in [1.165, 1.54) is 6.92 Å². The highest BCUT2D eigenvalue weighted by atomic mass is 16.6. The van der Waals surface area contributed by atoms with E-state index in [2.05, 4.69) is 14.7 Å². The molecule has 16 atom stereocenters. The minimum absolute atomic E-state index is 0.00268. The van der Waals surface area contributed by atoms with Crippen LogP contribution in [-0.2, 0) is 52.5 Å². The lowest BCUT2D eigenvalue weighted by atomic mass is 9.45. The van der Waals surface area contributed by atoms with Crippen LogP contribution in [0.1, 0.15) is 97.0 Å². The van der Waals surface area contributed by atoms with Gasteiger partial charge in [-0.3, -0.25) is 29.1 Å². The van der Waals surface area contributed by atoms with Gasteiger partial charge in [-0.1, -0.05) is 36.4 Å². The zero-order valence-corrected chi connectivity index (χ0v) is 37.8. The zero-order valence-electron chi connectivity index (χ0n) is 37.8. The Labute approximate surface area is 374 Å². The van der Waals surface area contributed by atoms with Crippen molar-refractivity contribution in [1.29, 1.82) is 0 Å². The van der Waals surface area contributed by atoms with Crippen molar-refractivity contribution >= 4 is 35.8 Å².